The molecule has 0 bridgehead atoms. The van der Waals surface area contributed by atoms with Gasteiger partial charge in [-0.3, -0.25) is 0 Å². The zero-order chi connectivity index (χ0) is 13.1. The smallest absolute Gasteiger partial charge is 0.339 e. The van der Waals surface area contributed by atoms with Crippen molar-refractivity contribution in [3.05, 3.63) is 28.6 Å². The predicted molar refractivity (Wildman–Crippen MR) is 73.4 cm³/mol. The number of carbonyl (C=O) groups is 1. The van der Waals surface area contributed by atoms with Crippen LogP contribution in [0.5, 0.6) is 0 Å². The molecule has 2 rings (SSSR count). The van der Waals surface area contributed by atoms with Crippen LogP contribution in [0.3, 0.4) is 0 Å². The van der Waals surface area contributed by atoms with E-state index in [4.69, 9.17) is 6.42 Å². The van der Waals surface area contributed by atoms with E-state index in [-0.39, 0.29) is 6.03 Å². The van der Waals surface area contributed by atoms with E-state index < -0.39 is 0 Å². The van der Waals surface area contributed by atoms with Gasteiger partial charge in [0.1, 0.15) is 0 Å². The first kappa shape index (κ1) is 12.4. The Kier molecular flexibility index (Phi) is 3.49. The fourth-order valence-corrected chi connectivity index (χ4v) is 2.78. The minimum Gasteiger partial charge on any atom is -0.339 e. The van der Waals surface area contributed by atoms with Crippen LogP contribution in [0.4, 0.5) is 4.79 Å². The highest BCUT2D eigenvalue weighted by Gasteiger charge is 2.06. The van der Waals surface area contributed by atoms with E-state index in [9.17, 15) is 4.79 Å². The largest absolute Gasteiger partial charge is 0.343 e. The van der Waals surface area contributed by atoms with Crippen molar-refractivity contribution >= 4 is 27.6 Å². The van der Waals surface area contributed by atoms with Gasteiger partial charge in [0.15, 0.2) is 4.80 Å². The molecule has 2 amide bonds. The fraction of sp³-hybridized carbons (Fsp3) is 0.231. The van der Waals surface area contributed by atoms with E-state index in [1.54, 1.807) is 7.05 Å². The number of nitrogens with one attached hydrogen (secondary N) is 1. The number of hydrogen-bond acceptors (Lipinski definition) is 2. The topological polar surface area (TPSA) is 46.4 Å². The third-order valence-corrected chi connectivity index (χ3v) is 3.54. The number of amides is 2. The first-order valence-corrected chi connectivity index (χ1v) is 6.27. The summed E-state index contributed by atoms with van der Waals surface area (Å²) in [5.41, 5.74) is 2.18. The van der Waals surface area contributed by atoms with E-state index in [1.165, 1.54) is 16.9 Å². The summed E-state index contributed by atoms with van der Waals surface area (Å²) in [5.74, 6) is 2.59. The van der Waals surface area contributed by atoms with Crippen molar-refractivity contribution in [2.24, 2.45) is 4.99 Å². The van der Waals surface area contributed by atoms with Crippen molar-refractivity contribution < 1.29 is 4.79 Å². The van der Waals surface area contributed by atoms with Gasteiger partial charge in [0.2, 0.25) is 0 Å². The standard InChI is InChI=1S/C13H13N3OS/c1-4-7-16-10-6-5-9(2)8-11(10)18-13(16)15-12(17)14-3/h1,5-6,8H,7H2,2-3H3,(H,14,17). The van der Waals surface area contributed by atoms with Gasteiger partial charge in [-0.05, 0) is 24.6 Å². The van der Waals surface area contributed by atoms with Crippen LogP contribution in [-0.2, 0) is 6.54 Å². The average molecular weight is 259 g/mol. The Hall–Kier alpha value is -2.06. The van der Waals surface area contributed by atoms with Crippen LogP contribution < -0.4 is 10.1 Å². The lowest BCUT2D eigenvalue weighted by Crippen LogP contribution is -2.21. The molecule has 4 nitrogen and oxygen atoms in total. The van der Waals surface area contributed by atoms with Crippen molar-refractivity contribution in [1.29, 1.82) is 0 Å². The molecule has 1 aromatic heterocycles. The number of urea groups is 1. The van der Waals surface area contributed by atoms with Gasteiger partial charge in [0.25, 0.3) is 0 Å². The highest BCUT2D eigenvalue weighted by Crippen LogP contribution is 2.18. The number of hydrogen-bond donors (Lipinski definition) is 1. The van der Waals surface area contributed by atoms with E-state index >= 15 is 0 Å². The number of terminal acetylenes is 1. The molecule has 1 aromatic carbocycles. The number of nitrogens with zero attached hydrogens (tertiary/aromatic N) is 2. The molecule has 0 fully saturated rings. The van der Waals surface area contributed by atoms with Crippen molar-refractivity contribution in [3.8, 4) is 12.3 Å². The number of aryl methyl sites for hydroxylation is 1. The molecule has 0 aliphatic heterocycles. The molecule has 5 heteroatoms. The normalized spacial score (nSPS) is 11.5. The molecule has 18 heavy (non-hydrogen) atoms. The zero-order valence-electron chi connectivity index (χ0n) is 10.2. The van der Waals surface area contributed by atoms with Crippen LogP contribution in [0.2, 0.25) is 0 Å². The molecular weight excluding hydrogens is 246 g/mol. The number of thiazole rings is 1. The van der Waals surface area contributed by atoms with Crippen molar-refractivity contribution in [1.82, 2.24) is 9.88 Å². The molecule has 0 aliphatic rings. The van der Waals surface area contributed by atoms with E-state index in [0.29, 0.717) is 11.3 Å². The van der Waals surface area contributed by atoms with Crippen molar-refractivity contribution in [2.45, 2.75) is 13.5 Å². The molecular formula is C13H13N3OS. The summed E-state index contributed by atoms with van der Waals surface area (Å²) >= 11 is 1.46. The molecule has 1 heterocycles. The summed E-state index contributed by atoms with van der Waals surface area (Å²) in [5, 5.41) is 2.47. The van der Waals surface area contributed by atoms with Crippen LogP contribution in [0, 0.1) is 19.3 Å². The summed E-state index contributed by atoms with van der Waals surface area (Å²) < 4.78 is 2.95. The maximum atomic E-state index is 11.3. The molecule has 0 saturated carbocycles. The summed E-state index contributed by atoms with van der Waals surface area (Å²) in [7, 11) is 1.55. The van der Waals surface area contributed by atoms with Gasteiger partial charge in [-0.15, -0.1) is 6.42 Å². The molecule has 2 aromatic rings. The summed E-state index contributed by atoms with van der Waals surface area (Å²) in [6.45, 7) is 2.43. The third kappa shape index (κ3) is 2.29. The fourth-order valence-electron chi connectivity index (χ4n) is 1.65. The second-order valence-corrected chi connectivity index (χ2v) is 4.82. The molecule has 0 radical (unpaired) electrons. The second-order valence-electron chi connectivity index (χ2n) is 3.81. The third-order valence-electron chi connectivity index (χ3n) is 2.50. The average Bonchev–Trinajstić information content (AvgIpc) is 2.67. The molecule has 92 valence electrons. The number of aromatic nitrogens is 1. The predicted octanol–water partition coefficient (Wildman–Crippen LogP) is 1.88. The van der Waals surface area contributed by atoms with Crippen LogP contribution in [-0.4, -0.2) is 17.6 Å². The maximum Gasteiger partial charge on any atom is 0.343 e. The summed E-state index contributed by atoms with van der Waals surface area (Å²) in [6, 6.07) is 5.72. The SMILES string of the molecule is C#CCn1c(=NC(=O)NC)sc2cc(C)ccc21. The van der Waals surface area contributed by atoms with E-state index in [2.05, 4.69) is 22.3 Å². The quantitative estimate of drug-likeness (QED) is 0.781. The first-order valence-electron chi connectivity index (χ1n) is 5.45. The highest BCUT2D eigenvalue weighted by molar-refractivity contribution is 7.16. The molecule has 0 unspecified atom stereocenters. The Bertz CT molecular complexity index is 703. The Morgan fingerprint density at radius 3 is 3.06 bits per heavy atom. The molecule has 0 aliphatic carbocycles. The Morgan fingerprint density at radius 2 is 2.39 bits per heavy atom. The lowest BCUT2D eigenvalue weighted by atomic mass is 10.2. The Morgan fingerprint density at radius 1 is 1.61 bits per heavy atom. The lowest BCUT2D eigenvalue weighted by molar-refractivity contribution is 0.250. The minimum absolute atomic E-state index is 0.371. The zero-order valence-corrected chi connectivity index (χ0v) is 11.0. The second kappa shape index (κ2) is 5.07. The summed E-state index contributed by atoms with van der Waals surface area (Å²) in [6.07, 6.45) is 5.36. The van der Waals surface area contributed by atoms with Gasteiger partial charge in [0, 0.05) is 7.05 Å². The number of fused-ring (bicyclic) bond motifs is 1. The number of rotatable bonds is 1. The maximum absolute atomic E-state index is 11.3. The highest BCUT2D eigenvalue weighted by atomic mass is 32.1. The lowest BCUT2D eigenvalue weighted by Gasteiger charge is -1.99. The van der Waals surface area contributed by atoms with Gasteiger partial charge in [-0.1, -0.05) is 23.3 Å². The van der Waals surface area contributed by atoms with Gasteiger partial charge in [-0.25, -0.2) is 4.79 Å². The minimum atomic E-state index is -0.371. The monoisotopic (exact) mass is 259 g/mol. The Balaban J connectivity index is 2.73. The van der Waals surface area contributed by atoms with Crippen LogP contribution >= 0.6 is 11.3 Å². The molecule has 0 saturated heterocycles. The van der Waals surface area contributed by atoms with Crippen LogP contribution in [0.15, 0.2) is 23.2 Å². The van der Waals surface area contributed by atoms with E-state index in [0.717, 1.165) is 10.2 Å². The molecule has 0 atom stereocenters. The van der Waals surface area contributed by atoms with Gasteiger partial charge < -0.3 is 9.88 Å². The van der Waals surface area contributed by atoms with Gasteiger partial charge >= 0.3 is 6.03 Å². The van der Waals surface area contributed by atoms with Crippen LogP contribution in [0.25, 0.3) is 10.2 Å². The van der Waals surface area contributed by atoms with Crippen LogP contribution in [0.1, 0.15) is 5.56 Å². The Labute approximate surface area is 109 Å². The summed E-state index contributed by atoms with van der Waals surface area (Å²) in [4.78, 5) is 16.0. The molecule has 0 spiro atoms. The number of benzene rings is 1. The first-order chi connectivity index (χ1) is 8.65. The van der Waals surface area contributed by atoms with Gasteiger partial charge in [-0.2, -0.15) is 4.99 Å². The van der Waals surface area contributed by atoms with Gasteiger partial charge in [0.05, 0.1) is 16.8 Å². The van der Waals surface area contributed by atoms with Crippen molar-refractivity contribution in [2.75, 3.05) is 7.05 Å². The molecule has 1 N–H and O–H groups in total. The van der Waals surface area contributed by atoms with E-state index in [1.807, 2.05) is 23.6 Å². The van der Waals surface area contributed by atoms with Crippen molar-refractivity contribution in [3.63, 3.8) is 0 Å². The number of carbonyl (C=O) groups excluding carboxylic acids is 1.